The quantitative estimate of drug-likeness (QED) is 0.690. The summed E-state index contributed by atoms with van der Waals surface area (Å²) in [7, 11) is 0. The topological polar surface area (TPSA) is 63.6 Å². The Morgan fingerprint density at radius 2 is 1.88 bits per heavy atom. The third-order valence-corrected chi connectivity index (χ3v) is 6.43. The van der Waals surface area contributed by atoms with Crippen molar-refractivity contribution in [1.82, 2.24) is 0 Å². The lowest BCUT2D eigenvalue weighted by Gasteiger charge is -2.48. The van der Waals surface area contributed by atoms with Crippen LogP contribution in [-0.2, 0) is 14.3 Å². The molecule has 0 spiro atoms. The first kappa shape index (κ1) is 17.4. The van der Waals surface area contributed by atoms with Gasteiger partial charge in [-0.1, -0.05) is 19.4 Å². The molecule has 1 heterocycles. The molecule has 4 nitrogen and oxygen atoms in total. The van der Waals surface area contributed by atoms with Crippen molar-refractivity contribution in [3.63, 3.8) is 0 Å². The summed E-state index contributed by atoms with van der Waals surface area (Å²) in [6.07, 6.45) is 5.31. The van der Waals surface area contributed by atoms with E-state index in [0.717, 1.165) is 36.8 Å². The summed E-state index contributed by atoms with van der Waals surface area (Å²) in [6.45, 7) is 7.86. The Kier molecular flexibility index (Phi) is 4.23. The number of allylic oxidation sites excluding steroid dienone is 2. The third-order valence-electron chi connectivity index (χ3n) is 6.43. The van der Waals surface area contributed by atoms with Crippen LogP contribution < -0.4 is 0 Å². The van der Waals surface area contributed by atoms with Crippen molar-refractivity contribution in [1.29, 1.82) is 0 Å². The molecule has 1 fully saturated rings. The highest BCUT2D eigenvalue weighted by Gasteiger charge is 2.62. The first-order valence-corrected chi connectivity index (χ1v) is 9.01. The van der Waals surface area contributed by atoms with Gasteiger partial charge in [-0.15, -0.1) is 0 Å². The van der Waals surface area contributed by atoms with Gasteiger partial charge in [-0.2, -0.15) is 0 Å². The highest BCUT2D eigenvalue weighted by atomic mass is 16.6. The van der Waals surface area contributed by atoms with Crippen LogP contribution in [-0.4, -0.2) is 28.6 Å². The second kappa shape index (κ2) is 5.83. The van der Waals surface area contributed by atoms with E-state index < -0.39 is 11.7 Å². The molecule has 4 atom stereocenters. The van der Waals surface area contributed by atoms with E-state index in [-0.39, 0.29) is 23.1 Å². The summed E-state index contributed by atoms with van der Waals surface area (Å²) in [5.74, 6) is -0.129. The predicted molar refractivity (Wildman–Crippen MR) is 91.3 cm³/mol. The maximum absolute atomic E-state index is 12.3. The van der Waals surface area contributed by atoms with Crippen molar-refractivity contribution < 1.29 is 19.4 Å². The number of carbonyl (C=O) groups is 2. The molecule has 0 saturated heterocycles. The number of esters is 1. The third kappa shape index (κ3) is 2.55. The van der Waals surface area contributed by atoms with E-state index in [1.807, 2.05) is 13.8 Å². The Morgan fingerprint density at radius 3 is 2.58 bits per heavy atom. The Labute approximate surface area is 144 Å². The largest absolute Gasteiger partial charge is 0.456 e. The van der Waals surface area contributed by atoms with Crippen molar-refractivity contribution in [2.75, 3.05) is 0 Å². The van der Waals surface area contributed by atoms with Crippen LogP contribution in [0.25, 0.3) is 0 Å². The lowest BCUT2D eigenvalue weighted by molar-refractivity contribution is -0.178. The average molecular weight is 332 g/mol. The number of hydrogen-bond donors (Lipinski definition) is 1. The van der Waals surface area contributed by atoms with Gasteiger partial charge < -0.3 is 9.84 Å². The molecule has 0 amide bonds. The van der Waals surface area contributed by atoms with Crippen molar-refractivity contribution in [3.8, 4) is 0 Å². The van der Waals surface area contributed by atoms with Crippen molar-refractivity contribution in [2.45, 2.75) is 77.9 Å². The summed E-state index contributed by atoms with van der Waals surface area (Å²) >= 11 is 0. The number of ketones is 1. The fourth-order valence-corrected chi connectivity index (χ4v) is 4.83. The van der Waals surface area contributed by atoms with E-state index >= 15 is 0 Å². The number of ether oxygens (including phenoxy) is 1. The molecular formula is C20H28O4. The fourth-order valence-electron chi connectivity index (χ4n) is 4.83. The Hall–Kier alpha value is -1.42. The number of carbonyl (C=O) groups excluding carboxylic acids is 2. The second-order valence-electron chi connectivity index (χ2n) is 8.33. The molecular weight excluding hydrogens is 304 g/mol. The van der Waals surface area contributed by atoms with Gasteiger partial charge in [0.05, 0.1) is 0 Å². The lowest BCUT2D eigenvalue weighted by atomic mass is 9.65. The Balaban J connectivity index is 2.08. The maximum Gasteiger partial charge on any atom is 0.334 e. The molecule has 1 saturated carbocycles. The summed E-state index contributed by atoms with van der Waals surface area (Å²) in [5.41, 5.74) is 1.07. The van der Waals surface area contributed by atoms with Crippen molar-refractivity contribution in [2.24, 2.45) is 11.3 Å². The lowest BCUT2D eigenvalue weighted by Crippen LogP contribution is -2.57. The second-order valence-corrected chi connectivity index (χ2v) is 8.33. The van der Waals surface area contributed by atoms with E-state index in [9.17, 15) is 14.7 Å². The monoisotopic (exact) mass is 332 g/mol. The van der Waals surface area contributed by atoms with Crippen LogP contribution in [0.15, 0.2) is 22.8 Å². The summed E-state index contributed by atoms with van der Waals surface area (Å²) < 4.78 is 5.68. The molecule has 0 aromatic heterocycles. The minimum absolute atomic E-state index is 0.0611. The van der Waals surface area contributed by atoms with Gasteiger partial charge in [0.1, 0.15) is 11.7 Å². The molecule has 24 heavy (non-hydrogen) atoms. The Morgan fingerprint density at radius 1 is 1.21 bits per heavy atom. The molecule has 3 aliphatic rings. The molecule has 0 radical (unpaired) electrons. The van der Waals surface area contributed by atoms with Crippen molar-refractivity contribution >= 4 is 11.8 Å². The minimum Gasteiger partial charge on any atom is -0.456 e. The molecule has 0 unspecified atom stereocenters. The van der Waals surface area contributed by atoms with Crippen LogP contribution in [0.5, 0.6) is 0 Å². The molecule has 132 valence electrons. The standard InChI is InChI=1S/C20H28O4/c1-12-5-7-19(4)8-6-16-14(3)18(22)24-17(20(16,19)23)11-13(2)10-15(21)9-12/h9,13,17,23H,5-8,10-11H2,1-4H3/b12-9-/t13-,17-,19-,20-/m1/s1. The summed E-state index contributed by atoms with van der Waals surface area (Å²) in [6, 6.07) is 0. The zero-order valence-electron chi connectivity index (χ0n) is 15.1. The minimum atomic E-state index is -1.10. The van der Waals surface area contributed by atoms with Crippen LogP contribution in [0.2, 0.25) is 0 Å². The number of hydrogen-bond acceptors (Lipinski definition) is 4. The first-order valence-electron chi connectivity index (χ1n) is 9.01. The van der Waals surface area contributed by atoms with E-state index in [1.165, 1.54) is 0 Å². The van der Waals surface area contributed by atoms with E-state index in [2.05, 4.69) is 6.92 Å². The molecule has 1 aliphatic heterocycles. The van der Waals surface area contributed by atoms with Gasteiger partial charge in [0, 0.05) is 17.4 Å². The normalized spacial score (nSPS) is 42.8. The molecule has 3 rings (SSSR count). The molecule has 0 aromatic rings. The van der Waals surface area contributed by atoms with Crippen LogP contribution in [0.3, 0.4) is 0 Å². The van der Waals surface area contributed by atoms with Gasteiger partial charge in [0.25, 0.3) is 0 Å². The molecule has 0 aromatic carbocycles. The fraction of sp³-hybridized carbons (Fsp3) is 0.700. The SMILES string of the molecule is CC1=C2CC[C@@]3(C)CC/C(C)=C\C(=O)C[C@@H](C)C[C@@H](OC1=O)[C@]23O. The molecule has 2 aliphatic carbocycles. The van der Waals surface area contributed by atoms with Crippen LogP contribution in [0.1, 0.15) is 66.2 Å². The highest BCUT2D eigenvalue weighted by Crippen LogP contribution is 2.58. The Bertz CT molecular complexity index is 644. The maximum atomic E-state index is 12.3. The van der Waals surface area contributed by atoms with Crippen LogP contribution >= 0.6 is 0 Å². The highest BCUT2D eigenvalue weighted by molar-refractivity contribution is 5.91. The summed E-state index contributed by atoms with van der Waals surface area (Å²) in [4.78, 5) is 24.4. The average Bonchev–Trinajstić information content (AvgIpc) is 2.75. The van der Waals surface area contributed by atoms with Gasteiger partial charge in [-0.3, -0.25) is 4.79 Å². The number of rotatable bonds is 0. The smallest absolute Gasteiger partial charge is 0.334 e. The first-order chi connectivity index (χ1) is 11.2. The predicted octanol–water partition coefficient (Wildman–Crippen LogP) is 3.49. The van der Waals surface area contributed by atoms with Gasteiger partial charge in [-0.05, 0) is 63.5 Å². The van der Waals surface area contributed by atoms with Crippen LogP contribution in [0.4, 0.5) is 0 Å². The molecule has 0 bridgehead atoms. The zero-order chi connectivity index (χ0) is 17.7. The van der Waals surface area contributed by atoms with E-state index in [0.29, 0.717) is 18.4 Å². The summed E-state index contributed by atoms with van der Waals surface area (Å²) in [5, 5.41) is 11.8. The zero-order valence-corrected chi connectivity index (χ0v) is 15.1. The molecule has 4 heteroatoms. The molecule has 1 N–H and O–H groups in total. The van der Waals surface area contributed by atoms with Crippen LogP contribution in [0, 0.1) is 11.3 Å². The van der Waals surface area contributed by atoms with E-state index in [1.54, 1.807) is 13.0 Å². The van der Waals surface area contributed by atoms with E-state index in [4.69, 9.17) is 4.74 Å². The van der Waals surface area contributed by atoms with Gasteiger partial charge in [0.2, 0.25) is 0 Å². The van der Waals surface area contributed by atoms with Gasteiger partial charge in [-0.25, -0.2) is 4.79 Å². The number of aliphatic hydroxyl groups is 1. The van der Waals surface area contributed by atoms with Crippen molar-refractivity contribution in [3.05, 3.63) is 22.8 Å². The van der Waals surface area contributed by atoms with Gasteiger partial charge >= 0.3 is 5.97 Å². The van der Waals surface area contributed by atoms with Gasteiger partial charge in [0.15, 0.2) is 5.78 Å².